The third kappa shape index (κ3) is 4.50. The van der Waals surface area contributed by atoms with E-state index < -0.39 is 5.91 Å². The molecule has 156 valence electrons. The van der Waals surface area contributed by atoms with Gasteiger partial charge in [0.05, 0.1) is 17.6 Å². The van der Waals surface area contributed by atoms with Gasteiger partial charge in [-0.05, 0) is 37.3 Å². The molecule has 0 aliphatic carbocycles. The smallest absolute Gasteiger partial charge is 0.279 e. The van der Waals surface area contributed by atoms with Crippen LogP contribution in [0.15, 0.2) is 42.5 Å². The van der Waals surface area contributed by atoms with Crippen LogP contribution in [-0.4, -0.2) is 58.7 Å². The number of rotatable bonds is 6. The fourth-order valence-electron chi connectivity index (χ4n) is 3.46. The fraction of sp³-hybridized carbons (Fsp3) is 0.318. The van der Waals surface area contributed by atoms with Crippen LogP contribution < -0.4 is 15.4 Å². The Bertz CT molecular complexity index is 1050. The average molecular weight is 407 g/mol. The van der Waals surface area contributed by atoms with Gasteiger partial charge in [-0.15, -0.1) is 0 Å². The number of aromatic hydroxyl groups is 1. The van der Waals surface area contributed by atoms with Crippen molar-refractivity contribution < 1.29 is 14.6 Å². The highest BCUT2D eigenvalue weighted by Crippen LogP contribution is 2.25. The van der Waals surface area contributed by atoms with Crippen LogP contribution >= 0.6 is 0 Å². The second kappa shape index (κ2) is 9.06. The van der Waals surface area contributed by atoms with E-state index in [2.05, 4.69) is 25.5 Å². The minimum Gasteiger partial charge on any atom is -0.508 e. The van der Waals surface area contributed by atoms with Crippen LogP contribution in [0.1, 0.15) is 23.0 Å². The topological polar surface area (TPSA) is 99.6 Å². The summed E-state index contributed by atoms with van der Waals surface area (Å²) < 4.78 is 5.56. The summed E-state index contributed by atoms with van der Waals surface area (Å²) in [6.07, 6.45) is 0. The Hall–Kier alpha value is -3.23. The van der Waals surface area contributed by atoms with E-state index in [1.165, 1.54) is 0 Å². The number of phenols is 1. The molecule has 3 N–H and O–H groups in total. The van der Waals surface area contributed by atoms with Gasteiger partial charge in [0.15, 0.2) is 5.69 Å². The molecule has 0 saturated carbocycles. The van der Waals surface area contributed by atoms with E-state index in [9.17, 15) is 9.90 Å². The van der Waals surface area contributed by atoms with E-state index in [-0.39, 0.29) is 17.3 Å². The SMILES string of the molecule is CCOc1nc2ccccc2nc1C(=O)Nc1ccc(O)c(CN2CCNCC2)c1. The maximum atomic E-state index is 13.0. The van der Waals surface area contributed by atoms with Gasteiger partial charge < -0.3 is 20.5 Å². The monoisotopic (exact) mass is 407 g/mol. The fourth-order valence-corrected chi connectivity index (χ4v) is 3.46. The quantitative estimate of drug-likeness (QED) is 0.540. The highest BCUT2D eigenvalue weighted by atomic mass is 16.5. The van der Waals surface area contributed by atoms with Gasteiger partial charge >= 0.3 is 0 Å². The van der Waals surface area contributed by atoms with Crippen molar-refractivity contribution in [1.29, 1.82) is 0 Å². The predicted molar refractivity (Wildman–Crippen MR) is 115 cm³/mol. The number of anilines is 1. The van der Waals surface area contributed by atoms with E-state index >= 15 is 0 Å². The molecule has 2 heterocycles. The maximum absolute atomic E-state index is 13.0. The van der Waals surface area contributed by atoms with Crippen LogP contribution in [0.25, 0.3) is 11.0 Å². The molecule has 8 nitrogen and oxygen atoms in total. The number of carbonyl (C=O) groups excluding carboxylic acids is 1. The highest BCUT2D eigenvalue weighted by Gasteiger charge is 2.19. The minimum absolute atomic E-state index is 0.132. The van der Waals surface area contributed by atoms with Gasteiger partial charge in [-0.2, -0.15) is 0 Å². The Morgan fingerprint density at radius 2 is 1.90 bits per heavy atom. The number of fused-ring (bicyclic) bond motifs is 1. The molecule has 1 amide bonds. The van der Waals surface area contributed by atoms with Gasteiger partial charge in [0.2, 0.25) is 5.88 Å². The van der Waals surface area contributed by atoms with Gasteiger partial charge in [-0.1, -0.05) is 12.1 Å². The molecule has 1 aliphatic heterocycles. The number of phenolic OH excluding ortho intramolecular Hbond substituents is 1. The second-order valence-corrected chi connectivity index (χ2v) is 7.12. The van der Waals surface area contributed by atoms with Crippen LogP contribution in [-0.2, 0) is 6.54 Å². The molecule has 1 aliphatic rings. The molecular formula is C22H25N5O3. The molecule has 0 unspecified atom stereocenters. The minimum atomic E-state index is -0.407. The molecule has 2 aromatic carbocycles. The Morgan fingerprint density at radius 3 is 2.63 bits per heavy atom. The van der Waals surface area contributed by atoms with Crippen LogP contribution in [0, 0.1) is 0 Å². The van der Waals surface area contributed by atoms with Crippen molar-refractivity contribution >= 4 is 22.6 Å². The number of nitrogens with zero attached hydrogens (tertiary/aromatic N) is 3. The largest absolute Gasteiger partial charge is 0.508 e. The van der Waals surface area contributed by atoms with E-state index in [0.717, 1.165) is 31.7 Å². The van der Waals surface area contributed by atoms with Crippen LogP contribution in [0.2, 0.25) is 0 Å². The first-order chi connectivity index (χ1) is 14.6. The number of benzene rings is 2. The lowest BCUT2D eigenvalue weighted by Gasteiger charge is -2.27. The van der Waals surface area contributed by atoms with E-state index in [0.29, 0.717) is 29.9 Å². The van der Waals surface area contributed by atoms with Crippen molar-refractivity contribution in [3.05, 3.63) is 53.7 Å². The second-order valence-electron chi connectivity index (χ2n) is 7.12. The highest BCUT2D eigenvalue weighted by molar-refractivity contribution is 6.05. The number of aromatic nitrogens is 2. The van der Waals surface area contributed by atoms with Crippen molar-refractivity contribution in [3.63, 3.8) is 0 Å². The summed E-state index contributed by atoms with van der Waals surface area (Å²) in [5.74, 6) is 0.0102. The standard InChI is InChI=1S/C22H25N5O3/c1-2-30-22-20(25-17-5-3-4-6-18(17)26-22)21(29)24-16-7-8-19(28)15(13-16)14-27-11-9-23-10-12-27/h3-8,13,23,28H,2,9-12,14H2,1H3,(H,24,29). The van der Waals surface area contributed by atoms with Crippen molar-refractivity contribution in [2.45, 2.75) is 13.5 Å². The first-order valence-electron chi connectivity index (χ1n) is 10.1. The molecule has 1 fully saturated rings. The normalized spacial score (nSPS) is 14.6. The van der Waals surface area contributed by atoms with Crippen molar-refractivity contribution in [2.24, 2.45) is 0 Å². The number of piperazine rings is 1. The van der Waals surface area contributed by atoms with Crippen molar-refractivity contribution in [2.75, 3.05) is 38.1 Å². The average Bonchev–Trinajstić information content (AvgIpc) is 2.76. The lowest BCUT2D eigenvalue weighted by molar-refractivity contribution is 0.101. The van der Waals surface area contributed by atoms with Gasteiger partial charge in [0.1, 0.15) is 5.75 Å². The molecule has 3 aromatic rings. The molecule has 8 heteroatoms. The van der Waals surface area contributed by atoms with Gasteiger partial charge in [0.25, 0.3) is 5.91 Å². The number of hydrogen-bond acceptors (Lipinski definition) is 7. The van der Waals surface area contributed by atoms with Gasteiger partial charge in [-0.3, -0.25) is 9.69 Å². The molecule has 1 saturated heterocycles. The molecule has 0 bridgehead atoms. The van der Waals surface area contributed by atoms with Crippen molar-refractivity contribution in [3.8, 4) is 11.6 Å². The van der Waals surface area contributed by atoms with E-state index in [1.807, 2.05) is 25.1 Å². The first-order valence-corrected chi connectivity index (χ1v) is 10.1. The summed E-state index contributed by atoms with van der Waals surface area (Å²) in [6.45, 7) is 6.52. The molecule has 30 heavy (non-hydrogen) atoms. The maximum Gasteiger partial charge on any atom is 0.279 e. The van der Waals surface area contributed by atoms with Crippen LogP contribution in [0.3, 0.4) is 0 Å². The number of ether oxygens (including phenoxy) is 1. The third-order valence-electron chi connectivity index (χ3n) is 4.98. The zero-order valence-corrected chi connectivity index (χ0v) is 16.9. The lowest BCUT2D eigenvalue weighted by atomic mass is 10.1. The zero-order valence-electron chi connectivity index (χ0n) is 16.9. The number of para-hydroxylation sites is 2. The van der Waals surface area contributed by atoms with Crippen LogP contribution in [0.4, 0.5) is 5.69 Å². The third-order valence-corrected chi connectivity index (χ3v) is 4.98. The molecule has 0 atom stereocenters. The summed E-state index contributed by atoms with van der Waals surface area (Å²) in [6, 6.07) is 12.4. The number of carbonyl (C=O) groups is 1. The number of hydrogen-bond donors (Lipinski definition) is 3. The van der Waals surface area contributed by atoms with Crippen LogP contribution in [0.5, 0.6) is 11.6 Å². The number of amides is 1. The van der Waals surface area contributed by atoms with E-state index in [1.54, 1.807) is 24.3 Å². The summed E-state index contributed by atoms with van der Waals surface area (Å²) in [5.41, 5.74) is 2.77. The molecule has 1 aromatic heterocycles. The number of nitrogens with one attached hydrogen (secondary N) is 2. The summed E-state index contributed by atoms with van der Waals surface area (Å²) in [7, 11) is 0. The summed E-state index contributed by atoms with van der Waals surface area (Å²) >= 11 is 0. The Balaban J connectivity index is 1.57. The molecule has 0 spiro atoms. The van der Waals surface area contributed by atoms with Crippen molar-refractivity contribution in [1.82, 2.24) is 20.2 Å². The molecular weight excluding hydrogens is 382 g/mol. The first kappa shape index (κ1) is 20.1. The van der Waals surface area contributed by atoms with Gasteiger partial charge in [0, 0.05) is 44.0 Å². The summed E-state index contributed by atoms with van der Waals surface area (Å²) in [4.78, 5) is 24.1. The Kier molecular flexibility index (Phi) is 6.06. The lowest BCUT2D eigenvalue weighted by Crippen LogP contribution is -2.42. The molecule has 4 rings (SSSR count). The Morgan fingerprint density at radius 1 is 1.17 bits per heavy atom. The van der Waals surface area contributed by atoms with E-state index in [4.69, 9.17) is 4.74 Å². The predicted octanol–water partition coefficient (Wildman–Crippen LogP) is 2.39. The summed E-state index contributed by atoms with van der Waals surface area (Å²) in [5, 5.41) is 16.4. The molecule has 0 radical (unpaired) electrons. The Labute approximate surface area is 174 Å². The zero-order chi connectivity index (χ0) is 20.9. The van der Waals surface area contributed by atoms with Gasteiger partial charge in [-0.25, -0.2) is 9.97 Å².